The van der Waals surface area contributed by atoms with Crippen LogP contribution in [0.4, 0.5) is 0 Å². The number of rotatable bonds is 7. The second-order valence-electron chi connectivity index (χ2n) is 4.19. The van der Waals surface area contributed by atoms with Crippen molar-refractivity contribution in [3.8, 4) is 11.5 Å². The lowest BCUT2D eigenvalue weighted by Crippen LogP contribution is -2.11. The fourth-order valence-corrected chi connectivity index (χ4v) is 2.57. The minimum Gasteiger partial charge on any atom is -0.497 e. The number of hydrogen-bond acceptors (Lipinski definition) is 6. The number of nitrogens with one attached hydrogen (secondary N) is 1. The summed E-state index contributed by atoms with van der Waals surface area (Å²) in [4.78, 5) is 5.02. The maximum absolute atomic E-state index is 7.55. The van der Waals surface area contributed by atoms with Gasteiger partial charge in [0, 0.05) is 7.11 Å². The number of aromatic nitrogens is 1. The molecule has 2 rings (SSSR count). The second kappa shape index (κ2) is 7.05. The van der Waals surface area contributed by atoms with Gasteiger partial charge in [0.25, 0.3) is 0 Å². The fraction of sp³-hybridized carbons (Fsp3) is 0.286. The SMILES string of the molecule is COCc1nc(COc2ccc(OC)cc2)sc1C(=N)N. The van der Waals surface area contributed by atoms with Crippen LogP contribution in [-0.4, -0.2) is 25.0 Å². The van der Waals surface area contributed by atoms with Gasteiger partial charge in [0.2, 0.25) is 0 Å². The van der Waals surface area contributed by atoms with Gasteiger partial charge >= 0.3 is 0 Å². The number of ether oxygens (including phenoxy) is 3. The number of thiazole rings is 1. The second-order valence-corrected chi connectivity index (χ2v) is 5.28. The molecule has 1 aromatic carbocycles. The Morgan fingerprint density at radius 3 is 2.43 bits per heavy atom. The Balaban J connectivity index is 2.05. The average Bonchev–Trinajstić information content (AvgIpc) is 2.89. The largest absolute Gasteiger partial charge is 0.497 e. The Labute approximate surface area is 127 Å². The van der Waals surface area contributed by atoms with Crippen LogP contribution in [0.15, 0.2) is 24.3 Å². The first-order valence-electron chi connectivity index (χ1n) is 6.22. The van der Waals surface area contributed by atoms with E-state index in [-0.39, 0.29) is 5.84 Å². The number of methoxy groups -OCH3 is 2. The lowest BCUT2D eigenvalue weighted by Gasteiger charge is -2.04. The van der Waals surface area contributed by atoms with Crippen molar-refractivity contribution < 1.29 is 14.2 Å². The van der Waals surface area contributed by atoms with Crippen molar-refractivity contribution in [3.63, 3.8) is 0 Å². The van der Waals surface area contributed by atoms with E-state index in [0.717, 1.165) is 16.5 Å². The van der Waals surface area contributed by atoms with Gasteiger partial charge in [-0.2, -0.15) is 0 Å². The maximum atomic E-state index is 7.55. The number of nitrogens with zero attached hydrogens (tertiary/aromatic N) is 1. The molecule has 0 aliphatic rings. The van der Waals surface area contributed by atoms with Crippen molar-refractivity contribution in [1.29, 1.82) is 5.41 Å². The van der Waals surface area contributed by atoms with E-state index in [0.29, 0.717) is 23.8 Å². The molecule has 0 aliphatic heterocycles. The molecule has 0 atom stereocenters. The molecule has 0 spiro atoms. The number of nitrogens with two attached hydrogens (primary N) is 1. The van der Waals surface area contributed by atoms with Crippen molar-refractivity contribution in [3.05, 3.63) is 39.8 Å². The van der Waals surface area contributed by atoms with Gasteiger partial charge in [0.05, 0.1) is 24.3 Å². The zero-order valence-electron chi connectivity index (χ0n) is 11.9. The summed E-state index contributed by atoms with van der Waals surface area (Å²) in [6, 6.07) is 7.31. The molecule has 0 saturated heterocycles. The van der Waals surface area contributed by atoms with E-state index in [1.807, 2.05) is 24.3 Å². The van der Waals surface area contributed by atoms with Crippen molar-refractivity contribution >= 4 is 17.2 Å². The third kappa shape index (κ3) is 3.93. The highest BCUT2D eigenvalue weighted by Gasteiger charge is 2.13. The fourth-order valence-electron chi connectivity index (χ4n) is 1.72. The smallest absolute Gasteiger partial charge is 0.140 e. The van der Waals surface area contributed by atoms with Crippen LogP contribution < -0.4 is 15.2 Å². The molecule has 0 unspecified atom stereocenters. The molecule has 6 nitrogen and oxygen atoms in total. The average molecular weight is 307 g/mol. The van der Waals surface area contributed by atoms with Crippen LogP contribution in [-0.2, 0) is 18.0 Å². The highest BCUT2D eigenvalue weighted by molar-refractivity contribution is 7.13. The van der Waals surface area contributed by atoms with Gasteiger partial charge in [-0.05, 0) is 24.3 Å². The van der Waals surface area contributed by atoms with E-state index < -0.39 is 0 Å². The molecule has 0 aliphatic carbocycles. The lowest BCUT2D eigenvalue weighted by atomic mass is 10.3. The minimum absolute atomic E-state index is 0.00440. The summed E-state index contributed by atoms with van der Waals surface area (Å²) in [7, 11) is 3.20. The Bertz CT molecular complexity index is 610. The third-order valence-corrected chi connectivity index (χ3v) is 3.79. The normalized spacial score (nSPS) is 10.4. The predicted octanol–water partition coefficient (Wildman–Crippen LogP) is 2.16. The molecule has 2 aromatic rings. The first-order valence-corrected chi connectivity index (χ1v) is 7.04. The van der Waals surface area contributed by atoms with Crippen LogP contribution in [0, 0.1) is 5.41 Å². The van der Waals surface area contributed by atoms with E-state index >= 15 is 0 Å². The summed E-state index contributed by atoms with van der Waals surface area (Å²) in [5, 5.41) is 8.30. The standard InChI is InChI=1S/C14H17N3O3S/c1-18-7-11-13(14(15)16)21-12(17-11)8-20-10-5-3-9(19-2)4-6-10/h3-6H,7-8H2,1-2H3,(H3,15,16). The van der Waals surface area contributed by atoms with E-state index in [1.54, 1.807) is 14.2 Å². The molecule has 0 radical (unpaired) electrons. The molecule has 1 aromatic heterocycles. The Morgan fingerprint density at radius 1 is 1.19 bits per heavy atom. The zero-order chi connectivity index (χ0) is 15.2. The first kappa shape index (κ1) is 15.3. The van der Waals surface area contributed by atoms with E-state index in [4.69, 9.17) is 25.4 Å². The topological polar surface area (TPSA) is 90.5 Å². The monoisotopic (exact) mass is 307 g/mol. The Morgan fingerprint density at radius 2 is 1.86 bits per heavy atom. The van der Waals surface area contributed by atoms with Crippen LogP contribution in [0.3, 0.4) is 0 Å². The number of hydrogen-bond donors (Lipinski definition) is 2. The molecular weight excluding hydrogens is 290 g/mol. The molecule has 21 heavy (non-hydrogen) atoms. The van der Waals surface area contributed by atoms with Crippen LogP contribution in [0.2, 0.25) is 0 Å². The van der Waals surface area contributed by atoms with Crippen molar-refractivity contribution in [2.75, 3.05) is 14.2 Å². The Kier molecular flexibility index (Phi) is 5.13. The zero-order valence-corrected chi connectivity index (χ0v) is 12.7. The van der Waals surface area contributed by atoms with Gasteiger partial charge in [0.1, 0.15) is 28.9 Å². The summed E-state index contributed by atoms with van der Waals surface area (Å²) in [5.74, 6) is 1.50. The van der Waals surface area contributed by atoms with E-state index in [2.05, 4.69) is 4.98 Å². The van der Waals surface area contributed by atoms with Crippen LogP contribution in [0.25, 0.3) is 0 Å². The molecular formula is C14H17N3O3S. The van der Waals surface area contributed by atoms with Gasteiger partial charge < -0.3 is 19.9 Å². The van der Waals surface area contributed by atoms with E-state index in [9.17, 15) is 0 Å². The molecule has 0 bridgehead atoms. The van der Waals surface area contributed by atoms with Gasteiger partial charge in [-0.15, -0.1) is 11.3 Å². The van der Waals surface area contributed by atoms with Gasteiger partial charge in [-0.1, -0.05) is 0 Å². The van der Waals surface area contributed by atoms with E-state index in [1.165, 1.54) is 11.3 Å². The third-order valence-electron chi connectivity index (χ3n) is 2.69. The molecule has 7 heteroatoms. The van der Waals surface area contributed by atoms with Gasteiger partial charge in [0.15, 0.2) is 0 Å². The van der Waals surface area contributed by atoms with Crippen molar-refractivity contribution in [1.82, 2.24) is 4.98 Å². The summed E-state index contributed by atoms with van der Waals surface area (Å²) in [6.07, 6.45) is 0. The Hall–Kier alpha value is -2.12. The number of nitrogen functional groups attached to an aromatic ring is 1. The lowest BCUT2D eigenvalue weighted by molar-refractivity contribution is 0.181. The van der Waals surface area contributed by atoms with Crippen LogP contribution >= 0.6 is 11.3 Å². The molecule has 3 N–H and O–H groups in total. The van der Waals surface area contributed by atoms with Crippen molar-refractivity contribution in [2.24, 2.45) is 5.73 Å². The predicted molar refractivity (Wildman–Crippen MR) is 81.2 cm³/mol. The number of amidine groups is 1. The highest BCUT2D eigenvalue weighted by atomic mass is 32.1. The summed E-state index contributed by atoms with van der Waals surface area (Å²) >= 11 is 1.34. The summed E-state index contributed by atoms with van der Waals surface area (Å²) in [5.41, 5.74) is 6.21. The number of benzene rings is 1. The molecule has 0 fully saturated rings. The quantitative estimate of drug-likeness (QED) is 0.604. The van der Waals surface area contributed by atoms with Crippen LogP contribution in [0.5, 0.6) is 11.5 Å². The summed E-state index contributed by atoms with van der Waals surface area (Å²) in [6.45, 7) is 0.648. The first-order chi connectivity index (χ1) is 10.1. The maximum Gasteiger partial charge on any atom is 0.140 e. The highest BCUT2D eigenvalue weighted by Crippen LogP contribution is 2.22. The molecule has 112 valence electrons. The molecule has 1 heterocycles. The van der Waals surface area contributed by atoms with Gasteiger partial charge in [-0.25, -0.2) is 4.98 Å². The minimum atomic E-state index is -0.00440. The van der Waals surface area contributed by atoms with Crippen LogP contribution in [0.1, 0.15) is 15.6 Å². The molecule has 0 amide bonds. The summed E-state index contributed by atoms with van der Waals surface area (Å²) < 4.78 is 15.8. The molecule has 0 saturated carbocycles. The van der Waals surface area contributed by atoms with Gasteiger partial charge in [-0.3, -0.25) is 5.41 Å². The van der Waals surface area contributed by atoms with Crippen molar-refractivity contribution in [2.45, 2.75) is 13.2 Å².